The third kappa shape index (κ3) is 4.32. The van der Waals surface area contributed by atoms with Crippen LogP contribution in [0.1, 0.15) is 27.7 Å². The zero-order chi connectivity index (χ0) is 17.9. The van der Waals surface area contributed by atoms with Crippen LogP contribution >= 0.6 is 15.9 Å². The molecule has 0 bridgehead atoms. The van der Waals surface area contributed by atoms with Gasteiger partial charge in [-0.05, 0) is 45.9 Å². The Kier molecular flexibility index (Phi) is 5.94. The second kappa shape index (κ2) is 7.75. The first kappa shape index (κ1) is 18.4. The third-order valence-corrected chi connectivity index (χ3v) is 4.22. The average Bonchev–Trinajstić information content (AvgIpc) is 2.49. The Labute approximate surface area is 150 Å². The molecular weight excluding hydrogens is 370 g/mol. The van der Waals surface area contributed by atoms with Crippen LogP contribution in [0.4, 0.5) is 0 Å². The molecule has 0 N–H and O–H groups in total. The molecule has 0 aliphatic rings. The number of carbonyl (C=O) groups excluding carboxylic acids is 1. The highest BCUT2D eigenvalue weighted by Crippen LogP contribution is 2.18. The minimum atomic E-state index is -0.281. The van der Waals surface area contributed by atoms with Gasteiger partial charge in [0.2, 0.25) is 5.91 Å². The van der Waals surface area contributed by atoms with E-state index in [-0.39, 0.29) is 30.1 Å². The monoisotopic (exact) mass is 391 g/mol. The standard InChI is InChI=1S/C18H22BrN3O2/c1-12(2)22(13(3)4)18(24)11-21-17(23)10-9-16(20-21)14-5-7-15(19)8-6-14/h5-10,12-13H,11H2,1-4H3. The van der Waals surface area contributed by atoms with Gasteiger partial charge in [-0.3, -0.25) is 9.59 Å². The second-order valence-corrected chi connectivity index (χ2v) is 7.13. The van der Waals surface area contributed by atoms with Crippen LogP contribution in [0, 0.1) is 0 Å². The van der Waals surface area contributed by atoms with E-state index in [1.807, 2.05) is 52.0 Å². The van der Waals surface area contributed by atoms with Crippen LogP contribution in [0.3, 0.4) is 0 Å². The van der Waals surface area contributed by atoms with Crippen molar-refractivity contribution in [1.29, 1.82) is 0 Å². The molecule has 5 nitrogen and oxygen atoms in total. The van der Waals surface area contributed by atoms with Gasteiger partial charge >= 0.3 is 0 Å². The smallest absolute Gasteiger partial charge is 0.267 e. The predicted molar refractivity (Wildman–Crippen MR) is 98.8 cm³/mol. The Morgan fingerprint density at radius 3 is 2.21 bits per heavy atom. The number of benzene rings is 1. The molecule has 0 unspecified atom stereocenters. The van der Waals surface area contributed by atoms with E-state index in [1.165, 1.54) is 10.7 Å². The summed E-state index contributed by atoms with van der Waals surface area (Å²) in [6, 6.07) is 10.9. The summed E-state index contributed by atoms with van der Waals surface area (Å²) in [6.45, 7) is 7.80. The number of hydrogen-bond acceptors (Lipinski definition) is 3. The lowest BCUT2D eigenvalue weighted by atomic mass is 10.1. The summed E-state index contributed by atoms with van der Waals surface area (Å²) in [4.78, 5) is 26.4. The maximum Gasteiger partial charge on any atom is 0.267 e. The highest BCUT2D eigenvalue weighted by Gasteiger charge is 2.21. The van der Waals surface area contributed by atoms with E-state index >= 15 is 0 Å². The quantitative estimate of drug-likeness (QED) is 0.785. The number of amides is 1. The van der Waals surface area contributed by atoms with Crippen molar-refractivity contribution in [1.82, 2.24) is 14.7 Å². The minimum absolute atomic E-state index is 0.0560. The lowest BCUT2D eigenvalue weighted by Gasteiger charge is -2.30. The topological polar surface area (TPSA) is 55.2 Å². The maximum atomic E-state index is 12.6. The van der Waals surface area contributed by atoms with Crippen molar-refractivity contribution in [2.75, 3.05) is 0 Å². The van der Waals surface area contributed by atoms with Crippen molar-refractivity contribution < 1.29 is 4.79 Å². The Hall–Kier alpha value is -1.95. The number of hydrogen-bond donors (Lipinski definition) is 0. The predicted octanol–water partition coefficient (Wildman–Crippen LogP) is 3.32. The Morgan fingerprint density at radius 2 is 1.67 bits per heavy atom. The highest BCUT2D eigenvalue weighted by atomic mass is 79.9. The van der Waals surface area contributed by atoms with Crippen LogP contribution in [0.2, 0.25) is 0 Å². The molecule has 0 radical (unpaired) electrons. The molecule has 0 spiro atoms. The number of aromatic nitrogens is 2. The van der Waals surface area contributed by atoms with Crippen LogP contribution in [-0.2, 0) is 11.3 Å². The van der Waals surface area contributed by atoms with Crippen molar-refractivity contribution in [3.63, 3.8) is 0 Å². The summed E-state index contributed by atoms with van der Waals surface area (Å²) in [5.74, 6) is -0.109. The zero-order valence-electron chi connectivity index (χ0n) is 14.4. The first-order chi connectivity index (χ1) is 11.3. The van der Waals surface area contributed by atoms with Gasteiger partial charge in [-0.2, -0.15) is 5.10 Å². The first-order valence-corrected chi connectivity index (χ1v) is 8.74. The molecule has 0 aliphatic heterocycles. The number of rotatable bonds is 5. The van der Waals surface area contributed by atoms with E-state index in [9.17, 15) is 9.59 Å². The fraction of sp³-hybridized carbons (Fsp3) is 0.389. The largest absolute Gasteiger partial charge is 0.336 e. The van der Waals surface area contributed by atoms with E-state index < -0.39 is 0 Å². The zero-order valence-corrected chi connectivity index (χ0v) is 15.9. The maximum absolute atomic E-state index is 12.6. The summed E-state index contributed by atoms with van der Waals surface area (Å²) in [5.41, 5.74) is 1.27. The van der Waals surface area contributed by atoms with Gasteiger partial charge in [-0.1, -0.05) is 28.1 Å². The van der Waals surface area contributed by atoms with E-state index in [0.29, 0.717) is 5.69 Å². The van der Waals surface area contributed by atoms with Gasteiger partial charge in [0.05, 0.1) is 5.69 Å². The summed E-state index contributed by atoms with van der Waals surface area (Å²) >= 11 is 3.39. The van der Waals surface area contributed by atoms with Crippen LogP contribution < -0.4 is 5.56 Å². The highest BCUT2D eigenvalue weighted by molar-refractivity contribution is 9.10. The van der Waals surface area contributed by atoms with Crippen molar-refractivity contribution in [3.05, 3.63) is 51.2 Å². The van der Waals surface area contributed by atoms with Crippen molar-refractivity contribution >= 4 is 21.8 Å². The van der Waals surface area contributed by atoms with Gasteiger partial charge < -0.3 is 4.90 Å². The van der Waals surface area contributed by atoms with Crippen LogP contribution in [-0.4, -0.2) is 32.7 Å². The molecule has 1 aromatic carbocycles. The number of carbonyl (C=O) groups is 1. The molecule has 0 aliphatic carbocycles. The van der Waals surface area contributed by atoms with Crippen LogP contribution in [0.5, 0.6) is 0 Å². The molecule has 1 amide bonds. The Morgan fingerprint density at radius 1 is 1.08 bits per heavy atom. The van der Waals surface area contributed by atoms with Gasteiger partial charge in [-0.25, -0.2) is 4.68 Å². The van der Waals surface area contributed by atoms with E-state index in [2.05, 4.69) is 21.0 Å². The molecule has 2 rings (SSSR count). The van der Waals surface area contributed by atoms with E-state index in [0.717, 1.165) is 10.0 Å². The lowest BCUT2D eigenvalue weighted by Crippen LogP contribution is -2.45. The number of nitrogens with zero attached hydrogens (tertiary/aromatic N) is 3. The van der Waals surface area contributed by atoms with Gasteiger partial charge in [0, 0.05) is 28.2 Å². The van der Waals surface area contributed by atoms with E-state index in [4.69, 9.17) is 0 Å². The SMILES string of the molecule is CC(C)N(C(=O)Cn1nc(-c2ccc(Br)cc2)ccc1=O)C(C)C. The molecule has 6 heteroatoms. The molecule has 0 atom stereocenters. The second-order valence-electron chi connectivity index (χ2n) is 6.21. The third-order valence-electron chi connectivity index (χ3n) is 3.69. The molecule has 128 valence electrons. The molecule has 0 saturated carbocycles. The summed E-state index contributed by atoms with van der Waals surface area (Å²) in [6.07, 6.45) is 0. The molecule has 1 aromatic heterocycles. The first-order valence-electron chi connectivity index (χ1n) is 7.95. The summed E-state index contributed by atoms with van der Waals surface area (Å²) < 4.78 is 2.21. The number of halogens is 1. The van der Waals surface area contributed by atoms with Crippen molar-refractivity contribution in [2.24, 2.45) is 0 Å². The van der Waals surface area contributed by atoms with E-state index in [1.54, 1.807) is 11.0 Å². The van der Waals surface area contributed by atoms with Gasteiger partial charge in [-0.15, -0.1) is 0 Å². The Bertz CT molecular complexity index is 759. The van der Waals surface area contributed by atoms with Crippen LogP contribution in [0.25, 0.3) is 11.3 Å². The van der Waals surface area contributed by atoms with Crippen molar-refractivity contribution in [2.45, 2.75) is 46.3 Å². The van der Waals surface area contributed by atoms with Crippen molar-refractivity contribution in [3.8, 4) is 11.3 Å². The van der Waals surface area contributed by atoms with Crippen LogP contribution in [0.15, 0.2) is 45.7 Å². The van der Waals surface area contributed by atoms with Gasteiger partial charge in [0.1, 0.15) is 6.54 Å². The molecule has 0 fully saturated rings. The molecule has 0 saturated heterocycles. The summed E-state index contributed by atoms with van der Waals surface area (Å²) in [7, 11) is 0. The summed E-state index contributed by atoms with van der Waals surface area (Å²) in [5, 5.41) is 4.35. The molecule has 1 heterocycles. The van der Waals surface area contributed by atoms with Gasteiger partial charge in [0.15, 0.2) is 0 Å². The molecule has 2 aromatic rings. The molecular formula is C18H22BrN3O2. The average molecular weight is 392 g/mol. The fourth-order valence-electron chi connectivity index (χ4n) is 2.72. The Balaban J connectivity index is 2.30. The lowest BCUT2D eigenvalue weighted by molar-refractivity contribution is -0.135. The normalized spacial score (nSPS) is 11.1. The fourth-order valence-corrected chi connectivity index (χ4v) is 2.98. The molecule has 24 heavy (non-hydrogen) atoms. The minimum Gasteiger partial charge on any atom is -0.336 e. The van der Waals surface area contributed by atoms with Gasteiger partial charge in [0.25, 0.3) is 5.56 Å².